The first-order valence-corrected chi connectivity index (χ1v) is 6.06. The van der Waals surface area contributed by atoms with Gasteiger partial charge in [-0.15, -0.1) is 0 Å². The van der Waals surface area contributed by atoms with Crippen LogP contribution in [0.2, 0.25) is 0 Å². The lowest BCUT2D eigenvalue weighted by Crippen LogP contribution is -2.16. The van der Waals surface area contributed by atoms with Crippen molar-refractivity contribution in [1.29, 1.82) is 0 Å². The highest BCUT2D eigenvalue weighted by Gasteiger charge is 2.07. The van der Waals surface area contributed by atoms with Crippen LogP contribution in [-0.2, 0) is 18.3 Å². The number of carbonyl (C=O) groups excluding carboxylic acids is 1. The summed E-state index contributed by atoms with van der Waals surface area (Å²) >= 11 is 0. The first-order chi connectivity index (χ1) is 9.22. The van der Waals surface area contributed by atoms with Gasteiger partial charge in [0.25, 0.3) is 0 Å². The van der Waals surface area contributed by atoms with Crippen molar-refractivity contribution in [1.82, 2.24) is 14.8 Å². The Kier molecular flexibility index (Phi) is 2.79. The zero-order valence-corrected chi connectivity index (χ0v) is 10.6. The molecule has 3 rings (SSSR count). The molecule has 1 aromatic carbocycles. The zero-order chi connectivity index (χ0) is 13.2. The maximum atomic E-state index is 11.9. The molecular formula is C14H14N4O. The normalized spacial score (nSPS) is 10.8. The second kappa shape index (κ2) is 4.61. The van der Waals surface area contributed by atoms with Gasteiger partial charge >= 0.3 is 0 Å². The Morgan fingerprint density at radius 2 is 2.26 bits per heavy atom. The fourth-order valence-electron chi connectivity index (χ4n) is 2.08. The number of rotatable bonds is 3. The van der Waals surface area contributed by atoms with Crippen molar-refractivity contribution in [3.63, 3.8) is 0 Å². The number of aromatic amines is 1. The number of nitrogens with zero attached hydrogens (tertiary/aromatic N) is 2. The Balaban J connectivity index is 1.73. The third kappa shape index (κ3) is 2.35. The molecule has 5 heteroatoms. The van der Waals surface area contributed by atoms with Crippen LogP contribution < -0.4 is 5.32 Å². The number of anilines is 1. The molecule has 3 aromatic rings. The average molecular weight is 254 g/mol. The van der Waals surface area contributed by atoms with E-state index in [0.29, 0.717) is 12.2 Å². The molecule has 0 aliphatic heterocycles. The number of aryl methyl sites for hydroxylation is 1. The second-order valence-corrected chi connectivity index (χ2v) is 4.46. The van der Waals surface area contributed by atoms with E-state index in [-0.39, 0.29) is 5.91 Å². The average Bonchev–Trinajstić information content (AvgIpc) is 2.98. The van der Waals surface area contributed by atoms with Crippen LogP contribution in [0.25, 0.3) is 10.9 Å². The topological polar surface area (TPSA) is 62.7 Å². The van der Waals surface area contributed by atoms with Crippen molar-refractivity contribution in [2.24, 2.45) is 7.05 Å². The van der Waals surface area contributed by atoms with Gasteiger partial charge in [-0.2, -0.15) is 5.10 Å². The van der Waals surface area contributed by atoms with Crippen molar-refractivity contribution in [3.8, 4) is 0 Å². The first kappa shape index (κ1) is 11.5. The summed E-state index contributed by atoms with van der Waals surface area (Å²) in [4.78, 5) is 15.1. The number of hydrogen-bond donors (Lipinski definition) is 2. The number of H-pyrrole nitrogens is 1. The maximum Gasteiger partial charge on any atom is 0.229 e. The molecule has 0 spiro atoms. The standard InChI is InChI=1S/C14H14N4O/c1-18-13(5-7-16-18)17-14(19)9-10-2-3-12-11(8-10)4-6-15-12/h2-8,15H,9H2,1H3,(H,17,19). The summed E-state index contributed by atoms with van der Waals surface area (Å²) in [5, 5.41) is 7.96. The van der Waals surface area contributed by atoms with Crippen molar-refractivity contribution in [2.75, 3.05) is 5.32 Å². The van der Waals surface area contributed by atoms with Gasteiger partial charge in [0.15, 0.2) is 0 Å². The molecule has 0 bridgehead atoms. The summed E-state index contributed by atoms with van der Waals surface area (Å²) in [6, 6.07) is 9.74. The highest BCUT2D eigenvalue weighted by molar-refractivity contribution is 5.92. The quantitative estimate of drug-likeness (QED) is 0.751. The Morgan fingerprint density at radius 3 is 3.05 bits per heavy atom. The number of amides is 1. The van der Waals surface area contributed by atoms with Crippen LogP contribution in [-0.4, -0.2) is 20.7 Å². The molecule has 0 fully saturated rings. The van der Waals surface area contributed by atoms with Crippen molar-refractivity contribution < 1.29 is 4.79 Å². The van der Waals surface area contributed by atoms with E-state index in [1.54, 1.807) is 24.0 Å². The summed E-state index contributed by atoms with van der Waals surface area (Å²) < 4.78 is 1.63. The lowest BCUT2D eigenvalue weighted by Gasteiger charge is -2.05. The summed E-state index contributed by atoms with van der Waals surface area (Å²) in [6.07, 6.45) is 3.90. The number of benzene rings is 1. The lowest BCUT2D eigenvalue weighted by molar-refractivity contribution is -0.115. The molecule has 5 nitrogen and oxygen atoms in total. The minimum absolute atomic E-state index is 0.0431. The molecule has 0 aliphatic carbocycles. The predicted molar refractivity (Wildman–Crippen MR) is 73.8 cm³/mol. The van der Waals surface area contributed by atoms with Gasteiger partial charge in [0.05, 0.1) is 12.6 Å². The van der Waals surface area contributed by atoms with Crippen LogP contribution >= 0.6 is 0 Å². The summed E-state index contributed by atoms with van der Waals surface area (Å²) in [6.45, 7) is 0. The van der Waals surface area contributed by atoms with E-state index in [9.17, 15) is 4.79 Å². The SMILES string of the molecule is Cn1nccc1NC(=O)Cc1ccc2[nH]ccc2c1. The van der Waals surface area contributed by atoms with Crippen LogP contribution in [0.3, 0.4) is 0 Å². The monoisotopic (exact) mass is 254 g/mol. The minimum atomic E-state index is -0.0431. The zero-order valence-electron chi connectivity index (χ0n) is 10.6. The number of hydrogen-bond acceptors (Lipinski definition) is 2. The lowest BCUT2D eigenvalue weighted by atomic mass is 10.1. The number of carbonyl (C=O) groups is 1. The van der Waals surface area contributed by atoms with Gasteiger partial charge in [0.1, 0.15) is 5.82 Å². The molecule has 0 atom stereocenters. The molecule has 2 heterocycles. The minimum Gasteiger partial charge on any atom is -0.361 e. The van der Waals surface area contributed by atoms with Crippen molar-refractivity contribution >= 4 is 22.6 Å². The smallest absolute Gasteiger partial charge is 0.229 e. The van der Waals surface area contributed by atoms with Crippen LogP contribution in [0.15, 0.2) is 42.7 Å². The van der Waals surface area contributed by atoms with E-state index in [1.165, 1.54) is 0 Å². The second-order valence-electron chi connectivity index (χ2n) is 4.46. The van der Waals surface area contributed by atoms with E-state index >= 15 is 0 Å². The maximum absolute atomic E-state index is 11.9. The molecule has 96 valence electrons. The highest BCUT2D eigenvalue weighted by atomic mass is 16.1. The van der Waals surface area contributed by atoms with Gasteiger partial charge in [-0.3, -0.25) is 9.48 Å². The highest BCUT2D eigenvalue weighted by Crippen LogP contribution is 2.15. The van der Waals surface area contributed by atoms with E-state index in [4.69, 9.17) is 0 Å². The Hall–Kier alpha value is -2.56. The molecule has 0 aliphatic rings. The predicted octanol–water partition coefficient (Wildman–Crippen LogP) is 2.08. The Labute approximate surface area is 110 Å². The van der Waals surface area contributed by atoms with Gasteiger partial charge in [-0.05, 0) is 29.1 Å². The fraction of sp³-hybridized carbons (Fsp3) is 0.143. The number of fused-ring (bicyclic) bond motifs is 1. The molecule has 0 saturated carbocycles. The van der Waals surface area contributed by atoms with Gasteiger partial charge in [0, 0.05) is 24.8 Å². The fourth-order valence-corrected chi connectivity index (χ4v) is 2.08. The van der Waals surface area contributed by atoms with Gasteiger partial charge < -0.3 is 10.3 Å². The molecule has 19 heavy (non-hydrogen) atoms. The van der Waals surface area contributed by atoms with Crippen LogP contribution in [0.1, 0.15) is 5.56 Å². The molecular weight excluding hydrogens is 240 g/mol. The van der Waals surface area contributed by atoms with Crippen LogP contribution in [0.5, 0.6) is 0 Å². The van der Waals surface area contributed by atoms with Crippen LogP contribution in [0, 0.1) is 0 Å². The van der Waals surface area contributed by atoms with Crippen molar-refractivity contribution in [2.45, 2.75) is 6.42 Å². The summed E-state index contributed by atoms with van der Waals surface area (Å²) in [5.74, 6) is 0.659. The third-order valence-corrected chi connectivity index (χ3v) is 3.07. The largest absolute Gasteiger partial charge is 0.361 e. The molecule has 1 amide bonds. The van der Waals surface area contributed by atoms with Crippen LogP contribution in [0.4, 0.5) is 5.82 Å². The van der Waals surface area contributed by atoms with E-state index in [2.05, 4.69) is 15.4 Å². The van der Waals surface area contributed by atoms with E-state index in [0.717, 1.165) is 16.5 Å². The Morgan fingerprint density at radius 1 is 1.37 bits per heavy atom. The molecule has 0 radical (unpaired) electrons. The molecule has 0 unspecified atom stereocenters. The Bertz CT molecular complexity index is 726. The van der Waals surface area contributed by atoms with Gasteiger partial charge in [0.2, 0.25) is 5.91 Å². The summed E-state index contributed by atoms with van der Waals surface area (Å²) in [7, 11) is 1.79. The summed E-state index contributed by atoms with van der Waals surface area (Å²) in [5.41, 5.74) is 2.07. The number of aromatic nitrogens is 3. The van der Waals surface area contributed by atoms with Crippen molar-refractivity contribution in [3.05, 3.63) is 48.3 Å². The third-order valence-electron chi connectivity index (χ3n) is 3.07. The van der Waals surface area contributed by atoms with E-state index in [1.807, 2.05) is 30.5 Å². The van der Waals surface area contributed by atoms with Gasteiger partial charge in [-0.1, -0.05) is 6.07 Å². The van der Waals surface area contributed by atoms with Gasteiger partial charge in [-0.25, -0.2) is 0 Å². The number of nitrogens with one attached hydrogen (secondary N) is 2. The molecule has 2 N–H and O–H groups in total. The van der Waals surface area contributed by atoms with E-state index < -0.39 is 0 Å². The molecule has 0 saturated heterocycles. The first-order valence-electron chi connectivity index (χ1n) is 6.06. The molecule has 2 aromatic heterocycles.